The zero-order valence-corrected chi connectivity index (χ0v) is 13.3. The van der Waals surface area contributed by atoms with Crippen LogP contribution >= 0.6 is 15.9 Å². The molecular formula is C15H21BrN2O2. The van der Waals surface area contributed by atoms with Crippen molar-refractivity contribution in [3.63, 3.8) is 0 Å². The quantitative estimate of drug-likeness (QED) is 0.885. The average molecular weight is 341 g/mol. The lowest BCUT2D eigenvalue weighted by Gasteiger charge is -2.34. The van der Waals surface area contributed by atoms with Gasteiger partial charge in [0, 0.05) is 24.0 Å². The number of benzene rings is 1. The molecule has 1 saturated heterocycles. The van der Waals surface area contributed by atoms with Crippen molar-refractivity contribution in [2.45, 2.75) is 32.3 Å². The summed E-state index contributed by atoms with van der Waals surface area (Å²) in [5, 5.41) is 9.59. The van der Waals surface area contributed by atoms with E-state index in [-0.39, 0.29) is 5.91 Å². The summed E-state index contributed by atoms with van der Waals surface area (Å²) in [6, 6.07) is 5.97. The second-order valence-electron chi connectivity index (χ2n) is 5.49. The first kappa shape index (κ1) is 15.3. The summed E-state index contributed by atoms with van der Waals surface area (Å²) in [6.07, 6.45) is 2.03. The zero-order valence-electron chi connectivity index (χ0n) is 11.7. The number of carbonyl (C=O) groups excluding carboxylic acids is 1. The van der Waals surface area contributed by atoms with Crippen LogP contribution in [0.25, 0.3) is 0 Å². The Morgan fingerprint density at radius 2 is 2.15 bits per heavy atom. The summed E-state index contributed by atoms with van der Waals surface area (Å²) in [5.41, 5.74) is 7.31. The van der Waals surface area contributed by atoms with E-state index >= 15 is 0 Å². The van der Waals surface area contributed by atoms with Crippen molar-refractivity contribution >= 4 is 27.5 Å². The molecule has 1 fully saturated rings. The first-order valence-electron chi connectivity index (χ1n) is 6.98. The number of nitrogens with zero attached hydrogens (tertiary/aromatic N) is 1. The average Bonchev–Trinajstić information content (AvgIpc) is 2.39. The van der Waals surface area contributed by atoms with E-state index in [4.69, 9.17) is 5.73 Å². The van der Waals surface area contributed by atoms with Gasteiger partial charge >= 0.3 is 0 Å². The highest BCUT2D eigenvalue weighted by atomic mass is 79.9. The predicted molar refractivity (Wildman–Crippen MR) is 83.5 cm³/mol. The van der Waals surface area contributed by atoms with E-state index in [1.165, 1.54) is 0 Å². The molecule has 0 radical (unpaired) electrons. The minimum Gasteiger partial charge on any atom is -0.389 e. The number of carbonyl (C=O) groups is 1. The van der Waals surface area contributed by atoms with Crippen molar-refractivity contribution in [3.8, 4) is 0 Å². The summed E-state index contributed by atoms with van der Waals surface area (Å²) in [6.45, 7) is 3.63. The molecule has 110 valence electrons. The summed E-state index contributed by atoms with van der Waals surface area (Å²) < 4.78 is 1.00. The van der Waals surface area contributed by atoms with Crippen molar-refractivity contribution in [1.29, 1.82) is 0 Å². The summed E-state index contributed by atoms with van der Waals surface area (Å²) in [4.78, 5) is 13.3. The fourth-order valence-corrected chi connectivity index (χ4v) is 3.35. The second kappa shape index (κ2) is 6.59. The first-order valence-corrected chi connectivity index (χ1v) is 7.77. The Hall–Kier alpha value is -1.07. The van der Waals surface area contributed by atoms with Crippen molar-refractivity contribution in [1.82, 2.24) is 0 Å². The van der Waals surface area contributed by atoms with E-state index in [0.29, 0.717) is 12.3 Å². The Labute approximate surface area is 128 Å². The number of nitrogens with two attached hydrogens (primary N) is 1. The van der Waals surface area contributed by atoms with Crippen LogP contribution in [-0.2, 0) is 4.79 Å². The number of rotatable bonds is 4. The van der Waals surface area contributed by atoms with E-state index in [0.717, 1.165) is 41.7 Å². The molecule has 1 aromatic carbocycles. The van der Waals surface area contributed by atoms with E-state index in [1.54, 1.807) is 6.92 Å². The van der Waals surface area contributed by atoms with E-state index < -0.39 is 6.10 Å². The number of aliphatic hydroxyl groups is 1. The van der Waals surface area contributed by atoms with Gasteiger partial charge in [0.2, 0.25) is 5.91 Å². The zero-order chi connectivity index (χ0) is 14.7. The Morgan fingerprint density at radius 1 is 1.50 bits per heavy atom. The van der Waals surface area contributed by atoms with Crippen LogP contribution in [0.2, 0.25) is 0 Å². The minimum atomic E-state index is -0.457. The van der Waals surface area contributed by atoms with Gasteiger partial charge in [0.25, 0.3) is 0 Å². The highest BCUT2D eigenvalue weighted by Gasteiger charge is 2.22. The maximum absolute atomic E-state index is 11.0. The van der Waals surface area contributed by atoms with Crippen molar-refractivity contribution < 1.29 is 9.90 Å². The molecule has 0 unspecified atom stereocenters. The Bertz CT molecular complexity index is 483. The SMILES string of the molecule is C[C@@H](O)c1ccc(N2CCC(CC(N)=O)CC2)c(Br)c1. The van der Waals surface area contributed by atoms with Crippen molar-refractivity contribution in [2.24, 2.45) is 11.7 Å². The van der Waals surface area contributed by atoms with Crippen LogP contribution in [-0.4, -0.2) is 24.1 Å². The fraction of sp³-hybridized carbons (Fsp3) is 0.533. The van der Waals surface area contributed by atoms with Gasteiger partial charge in [-0.25, -0.2) is 0 Å². The molecule has 5 heteroatoms. The van der Waals surface area contributed by atoms with Crippen LogP contribution in [0.4, 0.5) is 5.69 Å². The van der Waals surface area contributed by atoms with E-state index in [1.807, 2.05) is 18.2 Å². The van der Waals surface area contributed by atoms with Crippen LogP contribution in [0, 0.1) is 5.92 Å². The molecule has 1 atom stereocenters. The lowest BCUT2D eigenvalue weighted by Crippen LogP contribution is -2.35. The highest BCUT2D eigenvalue weighted by Crippen LogP contribution is 2.32. The van der Waals surface area contributed by atoms with Gasteiger partial charge in [-0.05, 0) is 59.3 Å². The lowest BCUT2D eigenvalue weighted by atomic mass is 9.93. The van der Waals surface area contributed by atoms with Gasteiger partial charge in [0.05, 0.1) is 11.8 Å². The Kier molecular flexibility index (Phi) is 5.05. The van der Waals surface area contributed by atoms with Crippen LogP contribution in [0.3, 0.4) is 0 Å². The van der Waals surface area contributed by atoms with Crippen LogP contribution in [0.5, 0.6) is 0 Å². The van der Waals surface area contributed by atoms with Crippen molar-refractivity contribution in [3.05, 3.63) is 28.2 Å². The summed E-state index contributed by atoms with van der Waals surface area (Å²) >= 11 is 3.58. The molecule has 1 aromatic rings. The minimum absolute atomic E-state index is 0.203. The summed E-state index contributed by atoms with van der Waals surface area (Å²) in [5.74, 6) is 0.213. The van der Waals surface area contributed by atoms with Crippen LogP contribution < -0.4 is 10.6 Å². The maximum atomic E-state index is 11.0. The number of anilines is 1. The number of aliphatic hydroxyl groups excluding tert-OH is 1. The van der Waals surface area contributed by atoms with Gasteiger partial charge in [-0.3, -0.25) is 4.79 Å². The van der Waals surface area contributed by atoms with E-state index in [2.05, 4.69) is 20.8 Å². The van der Waals surface area contributed by atoms with E-state index in [9.17, 15) is 9.90 Å². The fourth-order valence-electron chi connectivity index (χ4n) is 2.70. The van der Waals surface area contributed by atoms with Gasteiger partial charge in [0.15, 0.2) is 0 Å². The Morgan fingerprint density at radius 3 is 2.65 bits per heavy atom. The molecule has 2 rings (SSSR count). The molecule has 4 nitrogen and oxygen atoms in total. The number of hydrogen-bond acceptors (Lipinski definition) is 3. The maximum Gasteiger partial charge on any atom is 0.217 e. The van der Waals surface area contributed by atoms with Crippen molar-refractivity contribution in [2.75, 3.05) is 18.0 Å². The molecule has 1 aliphatic heterocycles. The van der Waals surface area contributed by atoms with Gasteiger partial charge < -0.3 is 15.7 Å². The molecule has 0 aliphatic carbocycles. The molecule has 0 bridgehead atoms. The predicted octanol–water partition coefficient (Wildman–Crippen LogP) is 2.59. The normalized spacial score (nSPS) is 18.1. The second-order valence-corrected chi connectivity index (χ2v) is 6.34. The van der Waals surface area contributed by atoms with Gasteiger partial charge in [-0.1, -0.05) is 6.07 Å². The monoisotopic (exact) mass is 340 g/mol. The van der Waals surface area contributed by atoms with Gasteiger partial charge in [0.1, 0.15) is 0 Å². The molecule has 1 heterocycles. The smallest absolute Gasteiger partial charge is 0.217 e. The third-order valence-electron chi connectivity index (χ3n) is 3.90. The molecule has 1 aliphatic rings. The van der Waals surface area contributed by atoms with Crippen LogP contribution in [0.1, 0.15) is 37.9 Å². The number of halogens is 1. The first-order chi connectivity index (χ1) is 9.47. The molecule has 20 heavy (non-hydrogen) atoms. The molecule has 3 N–H and O–H groups in total. The standard InChI is InChI=1S/C15H21BrN2O2/c1-10(19)12-2-3-14(13(16)9-12)18-6-4-11(5-7-18)8-15(17)20/h2-3,9-11,19H,4-8H2,1H3,(H2,17,20)/t10-/m1/s1. The summed E-state index contributed by atoms with van der Waals surface area (Å²) in [7, 11) is 0. The molecule has 0 aromatic heterocycles. The van der Waals surface area contributed by atoms with Crippen LogP contribution in [0.15, 0.2) is 22.7 Å². The molecule has 0 saturated carbocycles. The Balaban J connectivity index is 2.02. The third kappa shape index (κ3) is 3.73. The number of piperidine rings is 1. The third-order valence-corrected chi connectivity index (χ3v) is 4.53. The molecular weight excluding hydrogens is 320 g/mol. The topological polar surface area (TPSA) is 66.6 Å². The number of amides is 1. The largest absolute Gasteiger partial charge is 0.389 e. The van der Waals surface area contributed by atoms with Gasteiger partial charge in [-0.15, -0.1) is 0 Å². The van der Waals surface area contributed by atoms with Gasteiger partial charge in [-0.2, -0.15) is 0 Å². The number of primary amides is 1. The highest BCUT2D eigenvalue weighted by molar-refractivity contribution is 9.10. The molecule has 1 amide bonds. The number of hydrogen-bond donors (Lipinski definition) is 2. The molecule has 0 spiro atoms. The lowest BCUT2D eigenvalue weighted by molar-refractivity contribution is -0.119.